The summed E-state index contributed by atoms with van der Waals surface area (Å²) >= 11 is 0. The Bertz CT molecular complexity index is 968. The van der Waals surface area contributed by atoms with Gasteiger partial charge in [-0.05, 0) is 43.3 Å². The molecule has 0 bridgehead atoms. The zero-order valence-electron chi connectivity index (χ0n) is 15.9. The summed E-state index contributed by atoms with van der Waals surface area (Å²) < 4.78 is 38.4. The molecule has 0 radical (unpaired) electrons. The molecule has 2 rings (SSSR count). The van der Waals surface area contributed by atoms with Crippen LogP contribution in [0.4, 0.5) is 5.69 Å². The third kappa shape index (κ3) is 5.23. The monoisotopic (exact) mass is 407 g/mol. The van der Waals surface area contributed by atoms with Crippen LogP contribution in [0.15, 0.2) is 47.4 Å². The van der Waals surface area contributed by atoms with Crippen molar-refractivity contribution in [3.8, 4) is 11.5 Å². The summed E-state index contributed by atoms with van der Waals surface area (Å²) in [7, 11) is -0.387. The SMILES string of the molecule is COc1ccc(NC(=O)[C@@H](C)OC(=O)c2ccc(S(C)(=O)=O)cc2)cc1OC. The maximum atomic E-state index is 12.3. The van der Waals surface area contributed by atoms with Crippen molar-refractivity contribution in [1.82, 2.24) is 0 Å². The Hall–Kier alpha value is -3.07. The molecule has 0 fully saturated rings. The second kappa shape index (κ2) is 8.75. The lowest BCUT2D eigenvalue weighted by Gasteiger charge is -2.15. The van der Waals surface area contributed by atoms with Crippen LogP contribution in [-0.2, 0) is 19.4 Å². The zero-order chi connectivity index (χ0) is 20.9. The van der Waals surface area contributed by atoms with Crippen LogP contribution in [0.5, 0.6) is 11.5 Å². The number of carbonyl (C=O) groups excluding carboxylic acids is 2. The van der Waals surface area contributed by atoms with Crippen molar-refractivity contribution < 1.29 is 32.2 Å². The van der Waals surface area contributed by atoms with Gasteiger partial charge in [-0.3, -0.25) is 4.79 Å². The average Bonchev–Trinajstić information content (AvgIpc) is 2.67. The summed E-state index contributed by atoms with van der Waals surface area (Å²) in [6.45, 7) is 1.43. The van der Waals surface area contributed by atoms with Crippen LogP contribution in [0.25, 0.3) is 0 Å². The lowest BCUT2D eigenvalue weighted by Crippen LogP contribution is -2.30. The number of rotatable bonds is 7. The van der Waals surface area contributed by atoms with Crippen molar-refractivity contribution in [2.24, 2.45) is 0 Å². The molecule has 2 aromatic carbocycles. The first-order chi connectivity index (χ1) is 13.2. The number of amides is 1. The molecular weight excluding hydrogens is 386 g/mol. The van der Waals surface area contributed by atoms with E-state index in [1.807, 2.05) is 0 Å². The number of hydrogen-bond donors (Lipinski definition) is 1. The van der Waals surface area contributed by atoms with Gasteiger partial charge in [0, 0.05) is 18.0 Å². The highest BCUT2D eigenvalue weighted by atomic mass is 32.2. The van der Waals surface area contributed by atoms with Crippen molar-refractivity contribution in [2.75, 3.05) is 25.8 Å². The molecule has 0 heterocycles. The number of methoxy groups -OCH3 is 2. The second-order valence-electron chi connectivity index (χ2n) is 5.90. The van der Waals surface area contributed by atoms with E-state index in [1.165, 1.54) is 45.4 Å². The quantitative estimate of drug-likeness (QED) is 0.702. The Morgan fingerprint density at radius 1 is 0.964 bits per heavy atom. The number of esters is 1. The zero-order valence-corrected chi connectivity index (χ0v) is 16.7. The summed E-state index contributed by atoms with van der Waals surface area (Å²) in [5.41, 5.74) is 0.584. The minimum Gasteiger partial charge on any atom is -0.493 e. The third-order valence-electron chi connectivity index (χ3n) is 3.82. The molecular formula is C19H21NO7S. The Morgan fingerprint density at radius 3 is 2.11 bits per heavy atom. The Balaban J connectivity index is 2.02. The van der Waals surface area contributed by atoms with E-state index in [-0.39, 0.29) is 10.5 Å². The number of hydrogen-bond acceptors (Lipinski definition) is 7. The Labute approximate surface area is 163 Å². The van der Waals surface area contributed by atoms with Crippen molar-refractivity contribution in [1.29, 1.82) is 0 Å². The Kier molecular flexibility index (Phi) is 6.63. The van der Waals surface area contributed by atoms with E-state index in [0.717, 1.165) is 6.26 Å². The van der Waals surface area contributed by atoms with Crippen LogP contribution in [-0.4, -0.2) is 46.9 Å². The minimum absolute atomic E-state index is 0.0864. The van der Waals surface area contributed by atoms with E-state index in [9.17, 15) is 18.0 Å². The highest BCUT2D eigenvalue weighted by molar-refractivity contribution is 7.90. The standard InChI is InChI=1S/C19H21NO7S/c1-12(18(21)20-14-7-10-16(25-2)17(11-14)26-3)27-19(22)13-5-8-15(9-6-13)28(4,23)24/h5-12H,1-4H3,(H,20,21)/t12-/m1/s1. The van der Waals surface area contributed by atoms with E-state index < -0.39 is 27.8 Å². The van der Waals surface area contributed by atoms with Crippen molar-refractivity contribution in [2.45, 2.75) is 17.9 Å². The molecule has 0 aliphatic heterocycles. The first-order valence-electron chi connectivity index (χ1n) is 8.19. The van der Waals surface area contributed by atoms with Gasteiger partial charge in [0.15, 0.2) is 27.4 Å². The summed E-state index contributed by atoms with van der Waals surface area (Å²) in [6, 6.07) is 10.1. The lowest BCUT2D eigenvalue weighted by atomic mass is 10.2. The van der Waals surface area contributed by atoms with E-state index in [4.69, 9.17) is 14.2 Å². The normalized spacial score (nSPS) is 12.0. The maximum Gasteiger partial charge on any atom is 0.338 e. The van der Waals surface area contributed by atoms with Crippen LogP contribution in [0.2, 0.25) is 0 Å². The number of nitrogens with one attached hydrogen (secondary N) is 1. The number of ether oxygens (including phenoxy) is 3. The summed E-state index contributed by atoms with van der Waals surface area (Å²) in [6.07, 6.45) is -0.00357. The highest BCUT2D eigenvalue weighted by Gasteiger charge is 2.20. The van der Waals surface area contributed by atoms with Crippen LogP contribution in [0.1, 0.15) is 17.3 Å². The molecule has 0 aliphatic rings. The molecule has 1 amide bonds. The van der Waals surface area contributed by atoms with Gasteiger partial charge in [-0.15, -0.1) is 0 Å². The molecule has 8 nitrogen and oxygen atoms in total. The van der Waals surface area contributed by atoms with E-state index in [2.05, 4.69) is 5.32 Å². The van der Waals surface area contributed by atoms with Crippen molar-refractivity contribution >= 4 is 27.4 Å². The van der Waals surface area contributed by atoms with E-state index >= 15 is 0 Å². The molecule has 1 N–H and O–H groups in total. The van der Waals surface area contributed by atoms with Crippen molar-refractivity contribution in [3.63, 3.8) is 0 Å². The fraction of sp³-hybridized carbons (Fsp3) is 0.263. The third-order valence-corrected chi connectivity index (χ3v) is 4.95. The molecule has 0 unspecified atom stereocenters. The van der Waals surface area contributed by atoms with Crippen molar-refractivity contribution in [3.05, 3.63) is 48.0 Å². The van der Waals surface area contributed by atoms with Gasteiger partial charge in [0.2, 0.25) is 0 Å². The van der Waals surface area contributed by atoms with Gasteiger partial charge in [0.25, 0.3) is 5.91 Å². The molecule has 0 spiro atoms. The van der Waals surface area contributed by atoms with Gasteiger partial charge < -0.3 is 19.5 Å². The molecule has 0 aromatic heterocycles. The van der Waals surface area contributed by atoms with Gasteiger partial charge in [-0.1, -0.05) is 0 Å². The topological polar surface area (TPSA) is 108 Å². The number of sulfone groups is 1. The smallest absolute Gasteiger partial charge is 0.338 e. The summed E-state index contributed by atoms with van der Waals surface area (Å²) in [4.78, 5) is 24.5. The number of anilines is 1. The maximum absolute atomic E-state index is 12.3. The van der Waals surface area contributed by atoms with Gasteiger partial charge in [-0.2, -0.15) is 0 Å². The van der Waals surface area contributed by atoms with E-state index in [1.54, 1.807) is 18.2 Å². The molecule has 9 heteroatoms. The lowest BCUT2D eigenvalue weighted by molar-refractivity contribution is -0.123. The predicted octanol–water partition coefficient (Wildman–Crippen LogP) is 2.29. The predicted molar refractivity (Wildman–Crippen MR) is 103 cm³/mol. The first kappa shape index (κ1) is 21.2. The van der Waals surface area contributed by atoms with Crippen LogP contribution in [0, 0.1) is 0 Å². The molecule has 0 aliphatic carbocycles. The average molecular weight is 407 g/mol. The number of carbonyl (C=O) groups is 2. The molecule has 1 atom stereocenters. The Morgan fingerprint density at radius 2 is 1.57 bits per heavy atom. The van der Waals surface area contributed by atoms with Crippen LogP contribution in [0.3, 0.4) is 0 Å². The molecule has 150 valence electrons. The van der Waals surface area contributed by atoms with Gasteiger partial charge in [0.1, 0.15) is 0 Å². The molecule has 28 heavy (non-hydrogen) atoms. The first-order valence-corrected chi connectivity index (χ1v) is 10.1. The minimum atomic E-state index is -3.36. The second-order valence-corrected chi connectivity index (χ2v) is 7.92. The van der Waals surface area contributed by atoms with E-state index in [0.29, 0.717) is 17.2 Å². The molecule has 0 saturated heterocycles. The van der Waals surface area contributed by atoms with Crippen LogP contribution < -0.4 is 14.8 Å². The number of benzene rings is 2. The summed E-state index contributed by atoms with van der Waals surface area (Å²) in [5.74, 6) is -0.322. The fourth-order valence-electron chi connectivity index (χ4n) is 2.28. The van der Waals surface area contributed by atoms with Crippen LogP contribution >= 0.6 is 0 Å². The summed E-state index contributed by atoms with van der Waals surface area (Å²) in [5, 5.41) is 2.62. The van der Waals surface area contributed by atoms with Gasteiger partial charge in [0.05, 0.1) is 24.7 Å². The largest absolute Gasteiger partial charge is 0.493 e. The molecule has 2 aromatic rings. The highest BCUT2D eigenvalue weighted by Crippen LogP contribution is 2.29. The fourth-order valence-corrected chi connectivity index (χ4v) is 2.91. The molecule has 0 saturated carbocycles. The van der Waals surface area contributed by atoms with Gasteiger partial charge >= 0.3 is 5.97 Å². The van der Waals surface area contributed by atoms with Gasteiger partial charge in [-0.25, -0.2) is 13.2 Å².